The van der Waals surface area contributed by atoms with Gasteiger partial charge in [0.1, 0.15) is 0 Å². The zero-order chi connectivity index (χ0) is 22.0. The maximum Gasteiger partial charge on any atom is 0.270 e. The van der Waals surface area contributed by atoms with Gasteiger partial charge < -0.3 is 10.2 Å². The van der Waals surface area contributed by atoms with Gasteiger partial charge in [-0.25, -0.2) is 4.98 Å². The number of carbonyl (C=O) groups excluding carboxylic acids is 1. The molecule has 0 spiro atoms. The number of nitrogens with zero attached hydrogens (tertiary/aromatic N) is 4. The standard InChI is InChI=1S/C22H25N5O3S/c1-15-6-7-16(2)20-19(15)24-22(31-20)26-12-10-25(11-13-26)9-8-23-21(28)17-4-3-5-18(14-17)27(29)30/h3-7,14H,8-13H2,1-2H3,(H,23,28). The van der Waals surface area contributed by atoms with E-state index in [-0.39, 0.29) is 11.6 Å². The number of fused-ring (bicyclic) bond motifs is 1. The lowest BCUT2D eigenvalue weighted by atomic mass is 10.1. The molecule has 1 saturated heterocycles. The molecule has 1 N–H and O–H groups in total. The number of anilines is 1. The number of non-ortho nitro benzene ring substituents is 1. The summed E-state index contributed by atoms with van der Waals surface area (Å²) in [6.45, 7) is 9.08. The van der Waals surface area contributed by atoms with Gasteiger partial charge in [0.15, 0.2) is 5.13 Å². The van der Waals surface area contributed by atoms with Gasteiger partial charge in [-0.2, -0.15) is 0 Å². The topological polar surface area (TPSA) is 91.6 Å². The van der Waals surface area contributed by atoms with Crippen LogP contribution in [-0.2, 0) is 0 Å². The van der Waals surface area contributed by atoms with Crippen molar-refractivity contribution in [2.24, 2.45) is 0 Å². The largest absolute Gasteiger partial charge is 0.351 e. The van der Waals surface area contributed by atoms with Gasteiger partial charge >= 0.3 is 0 Å². The van der Waals surface area contributed by atoms with E-state index in [1.807, 2.05) is 0 Å². The van der Waals surface area contributed by atoms with E-state index in [1.54, 1.807) is 17.4 Å². The summed E-state index contributed by atoms with van der Waals surface area (Å²) in [7, 11) is 0. The maximum atomic E-state index is 12.3. The smallest absolute Gasteiger partial charge is 0.270 e. The maximum absolute atomic E-state index is 12.3. The van der Waals surface area contributed by atoms with E-state index in [2.05, 4.69) is 41.1 Å². The Morgan fingerprint density at radius 3 is 2.61 bits per heavy atom. The van der Waals surface area contributed by atoms with Crippen molar-refractivity contribution >= 4 is 38.3 Å². The first-order valence-corrected chi connectivity index (χ1v) is 11.1. The first-order valence-electron chi connectivity index (χ1n) is 10.3. The Morgan fingerprint density at radius 1 is 1.16 bits per heavy atom. The van der Waals surface area contributed by atoms with Crippen molar-refractivity contribution in [3.05, 3.63) is 63.2 Å². The number of benzene rings is 2. The molecule has 1 amide bonds. The molecule has 8 nitrogen and oxygen atoms in total. The minimum Gasteiger partial charge on any atom is -0.351 e. The summed E-state index contributed by atoms with van der Waals surface area (Å²) >= 11 is 1.76. The van der Waals surface area contributed by atoms with E-state index in [1.165, 1.54) is 34.0 Å². The number of nitro groups is 1. The van der Waals surface area contributed by atoms with Crippen LogP contribution in [0.5, 0.6) is 0 Å². The van der Waals surface area contributed by atoms with Crippen molar-refractivity contribution in [3.63, 3.8) is 0 Å². The zero-order valence-corrected chi connectivity index (χ0v) is 18.4. The minimum atomic E-state index is -0.496. The number of piperazine rings is 1. The van der Waals surface area contributed by atoms with Crippen molar-refractivity contribution in [1.29, 1.82) is 0 Å². The van der Waals surface area contributed by atoms with Gasteiger partial charge in [-0.15, -0.1) is 0 Å². The molecule has 1 aliphatic rings. The first kappa shape index (κ1) is 21.2. The molecule has 0 unspecified atom stereocenters. The number of nitrogens with one attached hydrogen (secondary N) is 1. The predicted octanol–water partition coefficient (Wildman–Crippen LogP) is 3.37. The van der Waals surface area contributed by atoms with Crippen LogP contribution in [0.3, 0.4) is 0 Å². The summed E-state index contributed by atoms with van der Waals surface area (Å²) in [4.78, 5) is 32.2. The number of hydrogen-bond donors (Lipinski definition) is 1. The van der Waals surface area contributed by atoms with Gasteiger partial charge in [-0.3, -0.25) is 19.8 Å². The van der Waals surface area contributed by atoms with E-state index in [4.69, 9.17) is 4.98 Å². The first-order chi connectivity index (χ1) is 14.9. The van der Waals surface area contributed by atoms with Crippen LogP contribution in [0.15, 0.2) is 36.4 Å². The summed E-state index contributed by atoms with van der Waals surface area (Å²) in [5, 5.41) is 14.8. The van der Waals surface area contributed by atoms with Crippen LogP contribution in [-0.4, -0.2) is 60.0 Å². The van der Waals surface area contributed by atoms with Crippen LogP contribution in [0, 0.1) is 24.0 Å². The second-order valence-corrected chi connectivity index (χ2v) is 8.74. The van der Waals surface area contributed by atoms with Crippen LogP contribution < -0.4 is 10.2 Å². The van der Waals surface area contributed by atoms with Crippen molar-refractivity contribution in [1.82, 2.24) is 15.2 Å². The normalized spacial score (nSPS) is 14.7. The molecule has 0 atom stereocenters. The predicted molar refractivity (Wildman–Crippen MR) is 123 cm³/mol. The van der Waals surface area contributed by atoms with Crippen LogP contribution in [0.2, 0.25) is 0 Å². The van der Waals surface area contributed by atoms with Crippen molar-refractivity contribution < 1.29 is 9.72 Å². The Balaban J connectivity index is 1.28. The van der Waals surface area contributed by atoms with Crippen molar-refractivity contribution in [3.8, 4) is 0 Å². The van der Waals surface area contributed by atoms with Crippen molar-refractivity contribution in [2.45, 2.75) is 13.8 Å². The quantitative estimate of drug-likeness (QED) is 0.468. The zero-order valence-electron chi connectivity index (χ0n) is 17.6. The summed E-state index contributed by atoms with van der Waals surface area (Å²) in [5.74, 6) is -0.289. The van der Waals surface area contributed by atoms with Gasteiger partial charge in [0.25, 0.3) is 11.6 Å². The molecule has 0 aliphatic carbocycles. The number of amides is 1. The van der Waals surface area contributed by atoms with Crippen LogP contribution in [0.25, 0.3) is 10.2 Å². The molecule has 0 radical (unpaired) electrons. The molecular weight excluding hydrogens is 414 g/mol. The number of aryl methyl sites for hydroxylation is 2. The molecule has 1 fully saturated rings. The fourth-order valence-electron chi connectivity index (χ4n) is 3.74. The number of carbonyl (C=O) groups is 1. The highest BCUT2D eigenvalue weighted by molar-refractivity contribution is 7.22. The molecule has 162 valence electrons. The molecular formula is C22H25N5O3S. The minimum absolute atomic E-state index is 0.0796. The van der Waals surface area contributed by atoms with Gasteiger partial charge in [-0.1, -0.05) is 29.5 Å². The number of thiazole rings is 1. The fraction of sp³-hybridized carbons (Fsp3) is 0.364. The van der Waals surface area contributed by atoms with Gasteiger partial charge in [-0.05, 0) is 31.0 Å². The molecule has 4 rings (SSSR count). The summed E-state index contributed by atoms with van der Waals surface area (Å²) in [5.41, 5.74) is 3.81. The van der Waals surface area contributed by atoms with E-state index in [0.717, 1.165) is 43.4 Å². The summed E-state index contributed by atoms with van der Waals surface area (Å²) < 4.78 is 1.27. The SMILES string of the molecule is Cc1ccc(C)c2sc(N3CCN(CCNC(=O)c4cccc([N+](=O)[O-])c4)CC3)nc12. The fourth-order valence-corrected chi connectivity index (χ4v) is 4.90. The lowest BCUT2D eigenvalue weighted by Gasteiger charge is -2.34. The second kappa shape index (κ2) is 8.99. The molecule has 1 aromatic heterocycles. The Kier molecular flexibility index (Phi) is 6.15. The highest BCUT2D eigenvalue weighted by atomic mass is 32.1. The lowest BCUT2D eigenvalue weighted by molar-refractivity contribution is -0.384. The van der Waals surface area contributed by atoms with E-state index in [9.17, 15) is 14.9 Å². The highest BCUT2D eigenvalue weighted by Crippen LogP contribution is 2.33. The lowest BCUT2D eigenvalue weighted by Crippen LogP contribution is -2.48. The molecule has 31 heavy (non-hydrogen) atoms. The number of aromatic nitrogens is 1. The molecule has 1 aliphatic heterocycles. The number of hydrogen-bond acceptors (Lipinski definition) is 7. The molecule has 0 bridgehead atoms. The molecule has 3 aromatic rings. The average molecular weight is 440 g/mol. The van der Waals surface area contributed by atoms with Crippen molar-refractivity contribution in [2.75, 3.05) is 44.2 Å². The molecule has 0 saturated carbocycles. The molecule has 2 aromatic carbocycles. The van der Waals surface area contributed by atoms with Gasteiger partial charge in [0, 0.05) is 57.0 Å². The third-order valence-electron chi connectivity index (χ3n) is 5.61. The third-order valence-corrected chi connectivity index (χ3v) is 6.86. The Bertz CT molecular complexity index is 1080. The van der Waals surface area contributed by atoms with E-state index in [0.29, 0.717) is 12.1 Å². The van der Waals surface area contributed by atoms with E-state index >= 15 is 0 Å². The average Bonchev–Trinajstić information content (AvgIpc) is 3.24. The highest BCUT2D eigenvalue weighted by Gasteiger charge is 2.21. The second-order valence-electron chi connectivity index (χ2n) is 7.77. The molecule has 2 heterocycles. The van der Waals surface area contributed by atoms with Gasteiger partial charge in [0.2, 0.25) is 0 Å². The van der Waals surface area contributed by atoms with E-state index < -0.39 is 4.92 Å². The Morgan fingerprint density at radius 2 is 1.90 bits per heavy atom. The Hall–Kier alpha value is -3.04. The monoisotopic (exact) mass is 439 g/mol. The molecule has 9 heteroatoms. The van der Waals surface area contributed by atoms with Crippen LogP contribution in [0.4, 0.5) is 10.8 Å². The number of rotatable bonds is 6. The van der Waals surface area contributed by atoms with Crippen LogP contribution >= 0.6 is 11.3 Å². The van der Waals surface area contributed by atoms with Gasteiger partial charge in [0.05, 0.1) is 15.1 Å². The Labute approximate surface area is 184 Å². The van der Waals surface area contributed by atoms with Crippen LogP contribution in [0.1, 0.15) is 21.5 Å². The summed E-state index contributed by atoms with van der Waals surface area (Å²) in [6, 6.07) is 10.1. The third kappa shape index (κ3) is 4.67. The number of nitro benzene ring substituents is 1. The summed E-state index contributed by atoms with van der Waals surface area (Å²) in [6.07, 6.45) is 0.